The molecule has 0 amide bonds. The summed E-state index contributed by atoms with van der Waals surface area (Å²) in [6, 6.07) is 2.09. The van der Waals surface area contributed by atoms with Gasteiger partial charge in [-0.3, -0.25) is 4.79 Å². The van der Waals surface area contributed by atoms with Crippen LogP contribution in [0.15, 0.2) is 12.1 Å². The predicted octanol–water partition coefficient (Wildman–Crippen LogP) is 1.78. The number of rotatable bonds is 3. The summed E-state index contributed by atoms with van der Waals surface area (Å²) in [6.07, 6.45) is -2.39. The Hall–Kier alpha value is -1.49. The van der Waals surface area contributed by atoms with E-state index in [2.05, 4.69) is 0 Å². The predicted molar refractivity (Wildman–Crippen MR) is 48.3 cm³/mol. The van der Waals surface area contributed by atoms with E-state index in [9.17, 15) is 18.7 Å². The molecule has 0 aliphatic rings. The van der Waals surface area contributed by atoms with Crippen LogP contribution in [0.5, 0.6) is 0 Å². The molecule has 0 radical (unpaired) electrons. The van der Waals surface area contributed by atoms with Gasteiger partial charge < -0.3 is 10.2 Å². The van der Waals surface area contributed by atoms with Crippen LogP contribution >= 0.6 is 0 Å². The first kappa shape index (κ1) is 11.6. The summed E-state index contributed by atoms with van der Waals surface area (Å²) in [6.45, 7) is 1.50. The first-order valence-electron chi connectivity index (χ1n) is 4.27. The summed E-state index contributed by atoms with van der Waals surface area (Å²) in [5.74, 6) is -3.18. The zero-order valence-corrected chi connectivity index (χ0v) is 8.00. The Morgan fingerprint density at radius 2 is 1.87 bits per heavy atom. The second-order valence-corrected chi connectivity index (χ2v) is 3.26. The van der Waals surface area contributed by atoms with Crippen molar-refractivity contribution in [3.8, 4) is 0 Å². The fourth-order valence-corrected chi connectivity index (χ4v) is 1.30. The summed E-state index contributed by atoms with van der Waals surface area (Å²) in [5.41, 5.74) is -0.223. The van der Waals surface area contributed by atoms with E-state index in [1.165, 1.54) is 6.92 Å². The topological polar surface area (TPSA) is 57.5 Å². The Bertz CT molecular complexity index is 367. The number of benzene rings is 1. The van der Waals surface area contributed by atoms with Crippen LogP contribution in [-0.4, -0.2) is 16.2 Å². The van der Waals surface area contributed by atoms with Crippen LogP contribution < -0.4 is 0 Å². The maximum Gasteiger partial charge on any atom is 0.306 e. The second kappa shape index (κ2) is 4.35. The third-order valence-corrected chi connectivity index (χ3v) is 1.92. The van der Waals surface area contributed by atoms with Gasteiger partial charge in [0.05, 0.1) is 18.1 Å². The van der Waals surface area contributed by atoms with Crippen molar-refractivity contribution in [1.29, 1.82) is 0 Å². The zero-order valence-electron chi connectivity index (χ0n) is 8.00. The molecule has 0 saturated heterocycles. The lowest BCUT2D eigenvalue weighted by Gasteiger charge is -2.11. The number of halogens is 2. The van der Waals surface area contributed by atoms with Crippen LogP contribution in [0.3, 0.4) is 0 Å². The molecule has 0 aliphatic heterocycles. The highest BCUT2D eigenvalue weighted by Crippen LogP contribution is 2.24. The number of carbonyl (C=O) groups is 1. The van der Waals surface area contributed by atoms with Crippen molar-refractivity contribution in [3.63, 3.8) is 0 Å². The van der Waals surface area contributed by atoms with Gasteiger partial charge >= 0.3 is 5.97 Å². The summed E-state index contributed by atoms with van der Waals surface area (Å²) in [7, 11) is 0. The molecule has 1 rings (SSSR count). The smallest absolute Gasteiger partial charge is 0.306 e. The van der Waals surface area contributed by atoms with Gasteiger partial charge in [0, 0.05) is 0 Å². The molecular weight excluding hydrogens is 206 g/mol. The van der Waals surface area contributed by atoms with Crippen molar-refractivity contribution in [2.24, 2.45) is 0 Å². The van der Waals surface area contributed by atoms with Gasteiger partial charge in [-0.1, -0.05) is 0 Å². The number of aliphatic hydroxyl groups is 1. The second-order valence-electron chi connectivity index (χ2n) is 3.26. The van der Waals surface area contributed by atoms with Gasteiger partial charge in [-0.15, -0.1) is 0 Å². The molecule has 1 aromatic carbocycles. The van der Waals surface area contributed by atoms with E-state index in [1.807, 2.05) is 0 Å². The van der Waals surface area contributed by atoms with Gasteiger partial charge in [-0.2, -0.15) is 0 Å². The van der Waals surface area contributed by atoms with E-state index < -0.39 is 35.7 Å². The molecule has 0 heterocycles. The first-order valence-corrected chi connectivity index (χ1v) is 4.27. The number of hydrogen-bond acceptors (Lipinski definition) is 2. The Morgan fingerprint density at radius 1 is 1.40 bits per heavy atom. The van der Waals surface area contributed by atoms with E-state index in [1.54, 1.807) is 0 Å². The molecule has 0 saturated carbocycles. The lowest BCUT2D eigenvalue weighted by Crippen LogP contribution is -2.09. The van der Waals surface area contributed by atoms with Gasteiger partial charge in [0.2, 0.25) is 0 Å². The third kappa shape index (κ3) is 2.73. The fourth-order valence-electron chi connectivity index (χ4n) is 1.30. The molecule has 1 atom stereocenters. The van der Waals surface area contributed by atoms with Crippen molar-refractivity contribution in [3.05, 3.63) is 34.9 Å². The molecule has 1 aromatic rings. The molecular formula is C10H10F2O3. The highest BCUT2D eigenvalue weighted by molar-refractivity contribution is 5.67. The van der Waals surface area contributed by atoms with E-state index >= 15 is 0 Å². The monoisotopic (exact) mass is 216 g/mol. The molecule has 2 N–H and O–H groups in total. The molecule has 0 spiro atoms. The van der Waals surface area contributed by atoms with Gasteiger partial charge in [0.1, 0.15) is 11.6 Å². The first-order chi connectivity index (χ1) is 6.91. The number of aliphatic hydroxyl groups excluding tert-OH is 1. The van der Waals surface area contributed by atoms with Crippen molar-refractivity contribution in [2.75, 3.05) is 0 Å². The average Bonchev–Trinajstić information content (AvgIpc) is 1.99. The van der Waals surface area contributed by atoms with Crippen molar-refractivity contribution in [1.82, 2.24) is 0 Å². The minimum atomic E-state index is -1.66. The summed E-state index contributed by atoms with van der Waals surface area (Å²) in [4.78, 5) is 10.3. The Balaban J connectivity index is 3.08. The highest BCUT2D eigenvalue weighted by atomic mass is 19.1. The van der Waals surface area contributed by atoms with E-state index in [-0.39, 0.29) is 0 Å². The quantitative estimate of drug-likeness (QED) is 0.809. The van der Waals surface area contributed by atoms with Gasteiger partial charge in [-0.05, 0) is 24.6 Å². The van der Waals surface area contributed by atoms with Crippen molar-refractivity contribution >= 4 is 5.97 Å². The molecule has 3 nitrogen and oxygen atoms in total. The molecule has 82 valence electrons. The number of aryl methyl sites for hydroxylation is 1. The summed E-state index contributed by atoms with van der Waals surface area (Å²) < 4.78 is 26.4. The van der Waals surface area contributed by atoms with Crippen molar-refractivity contribution in [2.45, 2.75) is 19.4 Å². The highest BCUT2D eigenvalue weighted by Gasteiger charge is 2.20. The lowest BCUT2D eigenvalue weighted by atomic mass is 10.0. The van der Waals surface area contributed by atoms with Crippen LogP contribution in [0.25, 0.3) is 0 Å². The maximum atomic E-state index is 13.2. The van der Waals surface area contributed by atoms with Crippen LogP contribution in [-0.2, 0) is 4.79 Å². The van der Waals surface area contributed by atoms with Crippen LogP contribution in [0.2, 0.25) is 0 Å². The molecule has 0 aliphatic carbocycles. The minimum Gasteiger partial charge on any atom is -0.481 e. The number of carboxylic acids is 1. The number of hydrogen-bond donors (Lipinski definition) is 2. The van der Waals surface area contributed by atoms with E-state index in [4.69, 9.17) is 5.11 Å². The molecule has 0 fully saturated rings. The minimum absolute atomic E-state index is 0.372. The van der Waals surface area contributed by atoms with Crippen molar-refractivity contribution < 1.29 is 23.8 Å². The average molecular weight is 216 g/mol. The fraction of sp³-hybridized carbons (Fsp3) is 0.300. The Morgan fingerprint density at radius 3 is 2.27 bits per heavy atom. The summed E-state index contributed by atoms with van der Waals surface area (Å²) in [5, 5.41) is 17.7. The normalized spacial score (nSPS) is 12.5. The number of aliphatic carboxylic acids is 1. The Labute approximate surface area is 85.0 Å². The van der Waals surface area contributed by atoms with Gasteiger partial charge in [0.15, 0.2) is 0 Å². The molecule has 0 aromatic heterocycles. The standard InChI is InChI=1S/C10H10F2O3/c1-5-2-6(11)10(7(12)3-5)8(13)4-9(14)15/h2-3,8,13H,4H2,1H3,(H,14,15)/t8-/m0/s1. The van der Waals surface area contributed by atoms with Gasteiger partial charge in [-0.25, -0.2) is 8.78 Å². The zero-order chi connectivity index (χ0) is 11.6. The molecule has 15 heavy (non-hydrogen) atoms. The largest absolute Gasteiger partial charge is 0.481 e. The molecule has 5 heteroatoms. The Kier molecular flexibility index (Phi) is 3.36. The number of carboxylic acid groups (broad SMARTS) is 1. The van der Waals surface area contributed by atoms with Crippen LogP contribution in [0, 0.1) is 18.6 Å². The third-order valence-electron chi connectivity index (χ3n) is 1.92. The lowest BCUT2D eigenvalue weighted by molar-refractivity contribution is -0.139. The van der Waals surface area contributed by atoms with E-state index in [0.29, 0.717) is 5.56 Å². The maximum absolute atomic E-state index is 13.2. The van der Waals surface area contributed by atoms with Crippen LogP contribution in [0.4, 0.5) is 8.78 Å². The molecule has 0 bridgehead atoms. The van der Waals surface area contributed by atoms with Crippen LogP contribution in [0.1, 0.15) is 23.7 Å². The molecule has 0 unspecified atom stereocenters. The summed E-state index contributed by atoms with van der Waals surface area (Å²) >= 11 is 0. The van der Waals surface area contributed by atoms with Gasteiger partial charge in [0.25, 0.3) is 0 Å². The SMILES string of the molecule is Cc1cc(F)c([C@@H](O)CC(=O)O)c(F)c1. The van der Waals surface area contributed by atoms with E-state index in [0.717, 1.165) is 12.1 Å².